The van der Waals surface area contributed by atoms with Crippen molar-refractivity contribution in [3.05, 3.63) is 57.7 Å². The number of rotatable bonds is 3. The van der Waals surface area contributed by atoms with Crippen molar-refractivity contribution in [2.24, 2.45) is 0 Å². The summed E-state index contributed by atoms with van der Waals surface area (Å²) in [6.45, 7) is 0.945. The smallest absolute Gasteiger partial charge is 0.137 e. The van der Waals surface area contributed by atoms with Crippen molar-refractivity contribution in [3.8, 4) is 11.5 Å². The third kappa shape index (κ3) is 2.39. The van der Waals surface area contributed by atoms with Crippen LogP contribution < -0.4 is 14.8 Å². The van der Waals surface area contributed by atoms with E-state index in [1.54, 1.807) is 14.2 Å². The number of para-hydroxylation sites is 1. The molecular formula is C19H19BrN2O2. The molecule has 3 aromatic rings. The van der Waals surface area contributed by atoms with E-state index in [9.17, 15) is 0 Å². The van der Waals surface area contributed by atoms with Gasteiger partial charge in [0.2, 0.25) is 0 Å². The highest BCUT2D eigenvalue weighted by atomic mass is 79.9. The number of H-pyrrole nitrogens is 1. The number of aromatic nitrogens is 1. The van der Waals surface area contributed by atoms with Gasteiger partial charge in [-0.2, -0.15) is 0 Å². The summed E-state index contributed by atoms with van der Waals surface area (Å²) >= 11 is 3.54. The second kappa shape index (κ2) is 6.15. The molecule has 5 heteroatoms. The second-order valence-corrected chi connectivity index (χ2v) is 6.73. The average Bonchev–Trinajstić information content (AvgIpc) is 3.00. The summed E-state index contributed by atoms with van der Waals surface area (Å²) in [5.74, 6) is 1.55. The molecule has 4 rings (SSSR count). The van der Waals surface area contributed by atoms with Gasteiger partial charge in [-0.05, 0) is 51.7 Å². The molecule has 0 amide bonds. The molecule has 0 aliphatic carbocycles. The summed E-state index contributed by atoms with van der Waals surface area (Å²) in [5, 5.41) is 4.93. The number of hydrogen-bond donors (Lipinski definition) is 2. The number of hydrogen-bond acceptors (Lipinski definition) is 3. The van der Waals surface area contributed by atoms with Crippen molar-refractivity contribution in [2.75, 3.05) is 20.8 Å². The molecule has 0 saturated heterocycles. The first-order valence-electron chi connectivity index (χ1n) is 7.97. The summed E-state index contributed by atoms with van der Waals surface area (Å²) in [6, 6.07) is 12.7. The highest BCUT2D eigenvalue weighted by Crippen LogP contribution is 2.40. The van der Waals surface area contributed by atoms with Gasteiger partial charge in [-0.1, -0.05) is 18.2 Å². The molecule has 0 radical (unpaired) electrons. The molecule has 0 bridgehead atoms. The standard InChI is InChI=1S/C19H19BrN2O2/c1-23-15-9-11(10-16(24-2)17(15)20)18-19-13(7-8-21-18)12-5-3-4-6-14(12)22-19/h3-6,9-10,18,21-22H,7-8H2,1-2H3. The maximum Gasteiger partial charge on any atom is 0.137 e. The van der Waals surface area contributed by atoms with Gasteiger partial charge < -0.3 is 19.8 Å². The molecule has 2 N–H and O–H groups in total. The van der Waals surface area contributed by atoms with E-state index in [1.807, 2.05) is 0 Å². The van der Waals surface area contributed by atoms with Crippen molar-refractivity contribution in [1.29, 1.82) is 0 Å². The lowest BCUT2D eigenvalue weighted by atomic mass is 9.94. The van der Waals surface area contributed by atoms with Crippen LogP contribution in [0.3, 0.4) is 0 Å². The molecule has 2 aromatic carbocycles. The predicted molar refractivity (Wildman–Crippen MR) is 99.1 cm³/mol. The Kier molecular flexibility index (Phi) is 3.98. The van der Waals surface area contributed by atoms with Crippen LogP contribution in [0.5, 0.6) is 11.5 Å². The Labute approximate surface area is 149 Å². The van der Waals surface area contributed by atoms with Crippen LogP contribution in [0.4, 0.5) is 0 Å². The van der Waals surface area contributed by atoms with Gasteiger partial charge in [0.1, 0.15) is 16.0 Å². The predicted octanol–water partition coefficient (Wildman–Crippen LogP) is 4.18. The van der Waals surface area contributed by atoms with E-state index in [0.29, 0.717) is 0 Å². The van der Waals surface area contributed by atoms with Crippen LogP contribution in [0.25, 0.3) is 10.9 Å². The monoisotopic (exact) mass is 386 g/mol. The molecule has 1 aliphatic rings. The van der Waals surface area contributed by atoms with Gasteiger partial charge in [-0.3, -0.25) is 0 Å². The molecule has 24 heavy (non-hydrogen) atoms. The van der Waals surface area contributed by atoms with Crippen LogP contribution in [0.1, 0.15) is 22.9 Å². The summed E-state index contributed by atoms with van der Waals surface area (Å²) in [6.07, 6.45) is 1.03. The zero-order valence-corrected chi connectivity index (χ0v) is 15.2. The van der Waals surface area contributed by atoms with Crippen molar-refractivity contribution in [1.82, 2.24) is 10.3 Å². The van der Waals surface area contributed by atoms with Crippen LogP contribution in [0, 0.1) is 0 Å². The maximum atomic E-state index is 5.50. The minimum Gasteiger partial charge on any atom is -0.495 e. The Balaban J connectivity index is 1.87. The Morgan fingerprint density at radius 3 is 2.50 bits per heavy atom. The fourth-order valence-electron chi connectivity index (χ4n) is 3.52. The molecule has 0 fully saturated rings. The number of halogens is 1. The normalized spacial score (nSPS) is 16.9. The highest BCUT2D eigenvalue weighted by molar-refractivity contribution is 9.10. The zero-order valence-electron chi connectivity index (χ0n) is 13.7. The van der Waals surface area contributed by atoms with E-state index in [4.69, 9.17) is 9.47 Å². The lowest BCUT2D eigenvalue weighted by Gasteiger charge is -2.26. The van der Waals surface area contributed by atoms with Crippen molar-refractivity contribution in [3.63, 3.8) is 0 Å². The first-order chi connectivity index (χ1) is 11.7. The number of nitrogens with one attached hydrogen (secondary N) is 2. The van der Waals surface area contributed by atoms with Gasteiger partial charge >= 0.3 is 0 Å². The van der Waals surface area contributed by atoms with E-state index in [2.05, 4.69) is 62.6 Å². The SMILES string of the molecule is COc1cc(C2NCCc3c2[nH]c2ccccc32)cc(OC)c1Br. The van der Waals surface area contributed by atoms with Gasteiger partial charge in [0.25, 0.3) is 0 Å². The van der Waals surface area contributed by atoms with Crippen LogP contribution >= 0.6 is 15.9 Å². The third-order valence-electron chi connectivity index (χ3n) is 4.66. The van der Waals surface area contributed by atoms with E-state index in [1.165, 1.54) is 22.2 Å². The van der Waals surface area contributed by atoms with E-state index >= 15 is 0 Å². The molecule has 4 nitrogen and oxygen atoms in total. The van der Waals surface area contributed by atoms with Gasteiger partial charge in [-0.15, -0.1) is 0 Å². The summed E-state index contributed by atoms with van der Waals surface area (Å²) in [7, 11) is 3.35. The Bertz CT molecular complexity index is 879. The molecular weight excluding hydrogens is 368 g/mol. The average molecular weight is 387 g/mol. The van der Waals surface area contributed by atoms with Gasteiger partial charge in [0.05, 0.1) is 20.3 Å². The van der Waals surface area contributed by atoms with E-state index in [0.717, 1.165) is 34.5 Å². The molecule has 1 atom stereocenters. The fourth-order valence-corrected chi connectivity index (χ4v) is 4.07. The Morgan fingerprint density at radius 1 is 1.08 bits per heavy atom. The summed E-state index contributed by atoms with van der Waals surface area (Å²) < 4.78 is 11.8. The number of benzene rings is 2. The topological polar surface area (TPSA) is 46.3 Å². The Hall–Kier alpha value is -1.98. The maximum absolute atomic E-state index is 5.50. The quantitative estimate of drug-likeness (QED) is 0.709. The van der Waals surface area contributed by atoms with E-state index in [-0.39, 0.29) is 6.04 Å². The summed E-state index contributed by atoms with van der Waals surface area (Å²) in [4.78, 5) is 3.60. The van der Waals surface area contributed by atoms with Gasteiger partial charge in [-0.25, -0.2) is 0 Å². The van der Waals surface area contributed by atoms with Crippen LogP contribution in [0.15, 0.2) is 40.9 Å². The van der Waals surface area contributed by atoms with Gasteiger partial charge in [0.15, 0.2) is 0 Å². The van der Waals surface area contributed by atoms with Crippen molar-refractivity contribution < 1.29 is 9.47 Å². The van der Waals surface area contributed by atoms with Crippen LogP contribution in [0.2, 0.25) is 0 Å². The van der Waals surface area contributed by atoms with Crippen LogP contribution in [-0.2, 0) is 6.42 Å². The number of fused-ring (bicyclic) bond motifs is 3. The molecule has 0 spiro atoms. The molecule has 124 valence electrons. The van der Waals surface area contributed by atoms with Gasteiger partial charge in [0, 0.05) is 23.1 Å². The Morgan fingerprint density at radius 2 is 1.79 bits per heavy atom. The minimum atomic E-state index is 0.0945. The highest BCUT2D eigenvalue weighted by Gasteiger charge is 2.26. The molecule has 2 heterocycles. The first kappa shape index (κ1) is 15.5. The molecule has 1 aromatic heterocycles. The lowest BCUT2D eigenvalue weighted by Crippen LogP contribution is -2.30. The molecule has 1 unspecified atom stereocenters. The number of aromatic amines is 1. The summed E-state index contributed by atoms with van der Waals surface area (Å²) in [5.41, 5.74) is 4.94. The number of methoxy groups -OCH3 is 2. The third-order valence-corrected chi connectivity index (χ3v) is 5.44. The fraction of sp³-hybridized carbons (Fsp3) is 0.263. The number of ether oxygens (including phenoxy) is 2. The van der Waals surface area contributed by atoms with Crippen molar-refractivity contribution in [2.45, 2.75) is 12.5 Å². The molecule has 0 saturated carbocycles. The van der Waals surface area contributed by atoms with Crippen molar-refractivity contribution >= 4 is 26.8 Å². The second-order valence-electron chi connectivity index (χ2n) is 5.94. The first-order valence-corrected chi connectivity index (χ1v) is 8.76. The zero-order chi connectivity index (χ0) is 16.7. The molecule has 1 aliphatic heterocycles. The van der Waals surface area contributed by atoms with E-state index < -0.39 is 0 Å². The lowest BCUT2D eigenvalue weighted by molar-refractivity contribution is 0.387. The largest absolute Gasteiger partial charge is 0.495 e. The minimum absolute atomic E-state index is 0.0945. The van der Waals surface area contributed by atoms with Crippen LogP contribution in [-0.4, -0.2) is 25.7 Å².